The van der Waals surface area contributed by atoms with Crippen LogP contribution in [0.3, 0.4) is 0 Å². The van der Waals surface area contributed by atoms with Crippen LogP contribution in [0.5, 0.6) is 0 Å². The van der Waals surface area contributed by atoms with Crippen molar-refractivity contribution in [1.29, 1.82) is 0 Å². The number of hydrogen-bond donors (Lipinski definition) is 0. The van der Waals surface area contributed by atoms with E-state index in [1.165, 1.54) is 0 Å². The van der Waals surface area contributed by atoms with Crippen LogP contribution in [0.15, 0.2) is 16.8 Å². The molecule has 128 valence electrons. The van der Waals surface area contributed by atoms with Crippen molar-refractivity contribution in [2.75, 3.05) is 0 Å². The summed E-state index contributed by atoms with van der Waals surface area (Å²) in [4.78, 5) is 15.1. The van der Waals surface area contributed by atoms with Gasteiger partial charge in [-0.05, 0) is 41.1 Å². The fraction of sp³-hybridized carbons (Fsp3) is 0.611. The number of fused-ring (bicyclic) bond motifs is 3. The Morgan fingerprint density at radius 2 is 2.17 bits per heavy atom. The zero-order valence-corrected chi connectivity index (χ0v) is 15.1. The van der Waals surface area contributed by atoms with Crippen molar-refractivity contribution < 1.29 is 4.79 Å². The van der Waals surface area contributed by atoms with Gasteiger partial charge in [0.25, 0.3) is 0 Å². The summed E-state index contributed by atoms with van der Waals surface area (Å²) in [7, 11) is 0. The minimum Gasteiger partial charge on any atom is -0.334 e. The number of thiophene rings is 1. The van der Waals surface area contributed by atoms with E-state index in [0.29, 0.717) is 24.4 Å². The van der Waals surface area contributed by atoms with E-state index in [2.05, 4.69) is 45.0 Å². The number of nitrogens with zero attached hydrogens (tertiary/aromatic N) is 4. The Kier molecular flexibility index (Phi) is 4.16. The summed E-state index contributed by atoms with van der Waals surface area (Å²) in [6, 6.07) is 2.64. The molecule has 1 saturated heterocycles. The zero-order chi connectivity index (χ0) is 16.7. The first-order chi connectivity index (χ1) is 11.6. The van der Waals surface area contributed by atoms with Crippen molar-refractivity contribution in [1.82, 2.24) is 19.7 Å². The van der Waals surface area contributed by atoms with Crippen molar-refractivity contribution in [3.8, 4) is 0 Å². The molecular weight excluding hydrogens is 320 g/mol. The number of rotatable bonds is 4. The molecule has 0 N–H and O–H groups in total. The van der Waals surface area contributed by atoms with E-state index in [0.717, 1.165) is 49.4 Å². The van der Waals surface area contributed by atoms with Crippen LogP contribution in [0.2, 0.25) is 0 Å². The maximum Gasteiger partial charge on any atom is 0.227 e. The Morgan fingerprint density at radius 1 is 1.33 bits per heavy atom. The second-order valence-corrected chi connectivity index (χ2v) is 8.22. The maximum atomic E-state index is 12.9. The van der Waals surface area contributed by atoms with Gasteiger partial charge in [0, 0.05) is 25.4 Å². The Labute approximate surface area is 146 Å². The lowest BCUT2D eigenvalue weighted by atomic mass is 10.1. The summed E-state index contributed by atoms with van der Waals surface area (Å²) >= 11 is 1.66. The van der Waals surface area contributed by atoms with E-state index < -0.39 is 0 Å². The fourth-order valence-electron chi connectivity index (χ4n) is 4.08. The highest BCUT2D eigenvalue weighted by atomic mass is 32.1. The molecule has 5 nitrogen and oxygen atoms in total. The van der Waals surface area contributed by atoms with Gasteiger partial charge in [-0.3, -0.25) is 4.79 Å². The molecule has 24 heavy (non-hydrogen) atoms. The maximum absolute atomic E-state index is 12.9. The number of carbonyl (C=O) groups is 1. The van der Waals surface area contributed by atoms with Crippen LogP contribution in [0.4, 0.5) is 0 Å². The minimum absolute atomic E-state index is 0.269. The topological polar surface area (TPSA) is 51.0 Å². The molecule has 6 heteroatoms. The van der Waals surface area contributed by atoms with Gasteiger partial charge in [0.15, 0.2) is 0 Å². The Morgan fingerprint density at radius 3 is 2.92 bits per heavy atom. The highest BCUT2D eigenvalue weighted by Crippen LogP contribution is 2.32. The van der Waals surface area contributed by atoms with Crippen molar-refractivity contribution >= 4 is 17.2 Å². The smallest absolute Gasteiger partial charge is 0.227 e. The highest BCUT2D eigenvalue weighted by Gasteiger charge is 2.40. The van der Waals surface area contributed by atoms with Gasteiger partial charge in [-0.25, -0.2) is 0 Å². The second kappa shape index (κ2) is 6.31. The number of hydrogen-bond acceptors (Lipinski definition) is 4. The molecule has 0 spiro atoms. The lowest BCUT2D eigenvalue weighted by Gasteiger charge is -2.28. The third-order valence-electron chi connectivity index (χ3n) is 5.15. The third-order valence-corrected chi connectivity index (χ3v) is 5.88. The predicted molar refractivity (Wildman–Crippen MR) is 93.9 cm³/mol. The number of amides is 1. The van der Waals surface area contributed by atoms with Gasteiger partial charge in [-0.1, -0.05) is 13.8 Å². The zero-order valence-electron chi connectivity index (χ0n) is 14.3. The quantitative estimate of drug-likeness (QED) is 0.857. The second-order valence-electron chi connectivity index (χ2n) is 7.44. The van der Waals surface area contributed by atoms with E-state index in [4.69, 9.17) is 0 Å². The van der Waals surface area contributed by atoms with Crippen LogP contribution in [-0.2, 0) is 30.6 Å². The molecule has 2 aliphatic heterocycles. The lowest BCUT2D eigenvalue weighted by Crippen LogP contribution is -2.43. The average molecular weight is 344 g/mol. The number of carbonyl (C=O) groups excluding carboxylic acids is 1. The summed E-state index contributed by atoms with van der Waals surface area (Å²) in [5, 5.41) is 13.0. The lowest BCUT2D eigenvalue weighted by molar-refractivity contribution is -0.133. The van der Waals surface area contributed by atoms with Crippen molar-refractivity contribution in [2.45, 2.75) is 64.6 Å². The van der Waals surface area contributed by atoms with Gasteiger partial charge >= 0.3 is 0 Å². The summed E-state index contributed by atoms with van der Waals surface area (Å²) < 4.78 is 2.29. The van der Waals surface area contributed by atoms with Gasteiger partial charge < -0.3 is 9.47 Å². The van der Waals surface area contributed by atoms with Gasteiger partial charge in [-0.2, -0.15) is 11.3 Å². The molecule has 0 saturated carbocycles. The van der Waals surface area contributed by atoms with Crippen LogP contribution < -0.4 is 0 Å². The largest absolute Gasteiger partial charge is 0.334 e. The van der Waals surface area contributed by atoms with E-state index in [-0.39, 0.29) is 5.91 Å². The summed E-state index contributed by atoms with van der Waals surface area (Å²) in [6.45, 7) is 5.28. The molecule has 1 amide bonds. The molecule has 1 fully saturated rings. The predicted octanol–water partition coefficient (Wildman–Crippen LogP) is 2.70. The number of aromatic nitrogens is 3. The molecule has 0 aliphatic carbocycles. The normalized spacial score (nSPS) is 22.7. The van der Waals surface area contributed by atoms with Crippen LogP contribution in [-0.4, -0.2) is 37.7 Å². The summed E-state index contributed by atoms with van der Waals surface area (Å²) in [5.74, 6) is 2.98. The van der Waals surface area contributed by atoms with Gasteiger partial charge in [0.2, 0.25) is 5.91 Å². The Bertz CT molecular complexity index is 721. The molecular formula is C18H24N4OS. The molecule has 2 aliphatic rings. The standard InChI is InChI=1S/C18H24N4OS/c1-12(2)7-16-19-20-17-9-14-3-4-15(10-21(16)17)22(14)18(23)8-13-5-6-24-11-13/h5-6,11-12,14-15H,3-4,7-10H2,1-2H3/t14-,15+/m0/s1. The van der Waals surface area contributed by atoms with E-state index >= 15 is 0 Å². The molecule has 2 aromatic rings. The molecule has 0 aromatic carbocycles. The van der Waals surface area contributed by atoms with Gasteiger partial charge in [-0.15, -0.1) is 10.2 Å². The monoisotopic (exact) mass is 344 g/mol. The van der Waals surface area contributed by atoms with E-state index in [1.807, 2.05) is 5.38 Å². The Balaban J connectivity index is 1.56. The van der Waals surface area contributed by atoms with Gasteiger partial charge in [0.1, 0.15) is 11.6 Å². The van der Waals surface area contributed by atoms with Crippen molar-refractivity contribution in [2.24, 2.45) is 5.92 Å². The molecule has 4 rings (SSSR count). The molecule has 2 bridgehead atoms. The molecule has 0 radical (unpaired) electrons. The molecule has 2 aromatic heterocycles. The van der Waals surface area contributed by atoms with Crippen molar-refractivity contribution in [3.63, 3.8) is 0 Å². The minimum atomic E-state index is 0.269. The Hall–Kier alpha value is -1.69. The van der Waals surface area contributed by atoms with Crippen LogP contribution in [0, 0.1) is 5.92 Å². The first kappa shape index (κ1) is 15.8. The molecule has 2 atom stereocenters. The summed E-state index contributed by atoms with van der Waals surface area (Å²) in [5.41, 5.74) is 1.13. The van der Waals surface area contributed by atoms with E-state index in [1.54, 1.807) is 11.3 Å². The van der Waals surface area contributed by atoms with E-state index in [9.17, 15) is 4.79 Å². The summed E-state index contributed by atoms with van der Waals surface area (Å²) in [6.07, 6.45) is 4.51. The van der Waals surface area contributed by atoms with Crippen LogP contribution in [0.25, 0.3) is 0 Å². The molecule has 0 unspecified atom stereocenters. The van der Waals surface area contributed by atoms with Gasteiger partial charge in [0.05, 0.1) is 12.5 Å². The fourth-order valence-corrected chi connectivity index (χ4v) is 4.75. The van der Waals surface area contributed by atoms with Crippen LogP contribution in [0.1, 0.15) is 43.9 Å². The molecule has 4 heterocycles. The first-order valence-corrected chi connectivity index (χ1v) is 9.79. The average Bonchev–Trinajstić information content (AvgIpc) is 3.20. The van der Waals surface area contributed by atoms with Crippen LogP contribution >= 0.6 is 11.3 Å². The first-order valence-electron chi connectivity index (χ1n) is 8.85. The third kappa shape index (κ3) is 2.88. The van der Waals surface area contributed by atoms with Crippen molar-refractivity contribution in [3.05, 3.63) is 34.0 Å². The highest BCUT2D eigenvalue weighted by molar-refractivity contribution is 7.08. The SMILES string of the molecule is CC(C)Cc1nnc2n1C[C@H]1CC[C@@H](C2)N1C(=O)Cc1ccsc1.